The van der Waals surface area contributed by atoms with E-state index in [1.54, 1.807) is 0 Å². The predicted octanol–water partition coefficient (Wildman–Crippen LogP) is 2.44. The summed E-state index contributed by atoms with van der Waals surface area (Å²) in [6.45, 7) is 12.6. The van der Waals surface area contributed by atoms with Crippen LogP contribution in [0.4, 0.5) is 6.01 Å². The Balaban J connectivity index is 1.84. The summed E-state index contributed by atoms with van der Waals surface area (Å²) in [5, 5.41) is 11.6. The third kappa shape index (κ3) is 4.20. The number of nitrogens with zero attached hydrogens (tertiary/aromatic N) is 3. The van der Waals surface area contributed by atoms with E-state index in [0.29, 0.717) is 29.8 Å². The molecule has 0 atom stereocenters. The molecule has 5 nitrogen and oxygen atoms in total. The van der Waals surface area contributed by atoms with Gasteiger partial charge in [-0.2, -0.15) is 0 Å². The zero-order valence-corrected chi connectivity index (χ0v) is 12.6. The Morgan fingerprint density at radius 3 is 2.58 bits per heavy atom. The largest absolute Gasteiger partial charge is 0.407 e. The first kappa shape index (κ1) is 14.3. The predicted molar refractivity (Wildman–Crippen MR) is 76.1 cm³/mol. The first-order valence-corrected chi connectivity index (χ1v) is 7.24. The van der Waals surface area contributed by atoms with Crippen molar-refractivity contribution in [2.45, 2.75) is 47.1 Å². The van der Waals surface area contributed by atoms with Crippen LogP contribution in [0.25, 0.3) is 0 Å². The number of anilines is 1. The summed E-state index contributed by atoms with van der Waals surface area (Å²) < 4.78 is 5.71. The number of hydrogen-bond acceptors (Lipinski definition) is 5. The quantitative estimate of drug-likeness (QED) is 0.887. The summed E-state index contributed by atoms with van der Waals surface area (Å²) >= 11 is 0. The second-order valence-electron chi connectivity index (χ2n) is 6.65. The van der Waals surface area contributed by atoms with Gasteiger partial charge in [0.1, 0.15) is 0 Å². The molecular weight excluding hydrogens is 240 g/mol. The smallest absolute Gasteiger partial charge is 0.318 e. The van der Waals surface area contributed by atoms with Crippen molar-refractivity contribution in [1.29, 1.82) is 0 Å². The maximum absolute atomic E-state index is 5.71. The molecule has 5 heteroatoms. The van der Waals surface area contributed by atoms with Gasteiger partial charge in [0.2, 0.25) is 5.89 Å². The topological polar surface area (TPSA) is 54.2 Å². The van der Waals surface area contributed by atoms with E-state index in [1.807, 2.05) is 0 Å². The number of hydrogen-bond donors (Lipinski definition) is 1. The standard InChI is InChI=1S/C14H26N4O/c1-11(2)9-15-10-12-16-17-13(19-12)18-7-5-14(3,4)6-8-18/h11,15H,5-10H2,1-4H3. The third-order valence-electron chi connectivity index (χ3n) is 3.67. The highest BCUT2D eigenvalue weighted by Gasteiger charge is 2.27. The highest BCUT2D eigenvalue weighted by atomic mass is 16.4. The molecule has 0 spiro atoms. The Morgan fingerprint density at radius 2 is 1.95 bits per heavy atom. The molecule has 1 N–H and O–H groups in total. The molecule has 0 saturated carbocycles. The second-order valence-corrected chi connectivity index (χ2v) is 6.65. The van der Waals surface area contributed by atoms with Gasteiger partial charge in [-0.25, -0.2) is 0 Å². The molecule has 0 aromatic carbocycles. The Kier molecular flexibility index (Phi) is 4.45. The van der Waals surface area contributed by atoms with Gasteiger partial charge in [0.25, 0.3) is 0 Å². The van der Waals surface area contributed by atoms with Gasteiger partial charge in [0.05, 0.1) is 6.54 Å². The fourth-order valence-corrected chi connectivity index (χ4v) is 2.22. The summed E-state index contributed by atoms with van der Waals surface area (Å²) in [5.74, 6) is 1.31. The molecule has 1 saturated heterocycles. The Hall–Kier alpha value is -1.10. The molecule has 0 unspecified atom stereocenters. The van der Waals surface area contributed by atoms with Gasteiger partial charge in [-0.05, 0) is 30.7 Å². The fourth-order valence-electron chi connectivity index (χ4n) is 2.22. The molecule has 1 aliphatic rings. The lowest BCUT2D eigenvalue weighted by Crippen LogP contribution is -2.37. The van der Waals surface area contributed by atoms with E-state index in [0.717, 1.165) is 19.6 Å². The summed E-state index contributed by atoms with van der Waals surface area (Å²) in [6.07, 6.45) is 2.35. The van der Waals surface area contributed by atoms with Crippen molar-refractivity contribution in [1.82, 2.24) is 15.5 Å². The van der Waals surface area contributed by atoms with E-state index in [2.05, 4.69) is 48.1 Å². The maximum Gasteiger partial charge on any atom is 0.318 e. The van der Waals surface area contributed by atoms with Crippen LogP contribution in [0.2, 0.25) is 0 Å². The normalized spacial score (nSPS) is 19.1. The van der Waals surface area contributed by atoms with E-state index < -0.39 is 0 Å². The molecule has 2 heterocycles. The van der Waals surface area contributed by atoms with Crippen LogP contribution in [-0.2, 0) is 6.54 Å². The molecule has 0 amide bonds. The molecule has 1 aromatic heterocycles. The number of piperidine rings is 1. The lowest BCUT2D eigenvalue weighted by molar-refractivity contribution is 0.272. The van der Waals surface area contributed by atoms with Crippen molar-refractivity contribution in [3.63, 3.8) is 0 Å². The average molecular weight is 266 g/mol. The van der Waals surface area contributed by atoms with Crippen LogP contribution < -0.4 is 10.2 Å². The monoisotopic (exact) mass is 266 g/mol. The zero-order chi connectivity index (χ0) is 13.9. The van der Waals surface area contributed by atoms with Crippen LogP contribution in [-0.4, -0.2) is 29.8 Å². The van der Waals surface area contributed by atoms with E-state index in [9.17, 15) is 0 Å². The van der Waals surface area contributed by atoms with Gasteiger partial charge in [-0.15, -0.1) is 5.10 Å². The summed E-state index contributed by atoms with van der Waals surface area (Å²) in [4.78, 5) is 2.20. The molecular formula is C14H26N4O. The number of rotatable bonds is 5. The lowest BCUT2D eigenvalue weighted by Gasteiger charge is -2.35. The van der Waals surface area contributed by atoms with Crippen LogP contribution in [0, 0.1) is 11.3 Å². The van der Waals surface area contributed by atoms with Crippen molar-refractivity contribution >= 4 is 6.01 Å². The molecule has 1 aliphatic heterocycles. The molecule has 0 radical (unpaired) electrons. The van der Waals surface area contributed by atoms with Crippen LogP contribution in [0.1, 0.15) is 46.4 Å². The first-order chi connectivity index (χ1) is 8.96. The van der Waals surface area contributed by atoms with Gasteiger partial charge in [0, 0.05) is 13.1 Å². The molecule has 0 aliphatic carbocycles. The molecule has 1 aromatic rings. The third-order valence-corrected chi connectivity index (χ3v) is 3.67. The van der Waals surface area contributed by atoms with E-state index in [-0.39, 0.29) is 0 Å². The van der Waals surface area contributed by atoms with Gasteiger partial charge in [-0.1, -0.05) is 32.8 Å². The highest BCUT2D eigenvalue weighted by molar-refractivity contribution is 5.25. The van der Waals surface area contributed by atoms with Crippen LogP contribution in [0.3, 0.4) is 0 Å². The van der Waals surface area contributed by atoms with Crippen molar-refractivity contribution in [2.75, 3.05) is 24.5 Å². The number of aromatic nitrogens is 2. The molecule has 108 valence electrons. The first-order valence-electron chi connectivity index (χ1n) is 7.24. The average Bonchev–Trinajstić information content (AvgIpc) is 2.77. The minimum atomic E-state index is 0.443. The Labute approximate surface area is 115 Å². The van der Waals surface area contributed by atoms with Crippen LogP contribution >= 0.6 is 0 Å². The zero-order valence-electron chi connectivity index (χ0n) is 12.6. The van der Waals surface area contributed by atoms with E-state index in [1.165, 1.54) is 12.8 Å². The van der Waals surface area contributed by atoms with Crippen molar-refractivity contribution in [2.24, 2.45) is 11.3 Å². The van der Waals surface area contributed by atoms with Crippen molar-refractivity contribution in [3.8, 4) is 0 Å². The molecule has 19 heavy (non-hydrogen) atoms. The Bertz CT molecular complexity index is 390. The van der Waals surface area contributed by atoms with Crippen LogP contribution in [0.5, 0.6) is 0 Å². The minimum Gasteiger partial charge on any atom is -0.407 e. The minimum absolute atomic E-state index is 0.443. The summed E-state index contributed by atoms with van der Waals surface area (Å²) in [5.41, 5.74) is 0.443. The van der Waals surface area contributed by atoms with Crippen LogP contribution in [0.15, 0.2) is 4.42 Å². The van der Waals surface area contributed by atoms with Gasteiger partial charge < -0.3 is 14.6 Å². The molecule has 1 fully saturated rings. The molecule has 0 bridgehead atoms. The molecule has 2 rings (SSSR count). The SMILES string of the molecule is CC(C)CNCc1nnc(N2CCC(C)(C)CC2)o1. The summed E-state index contributed by atoms with van der Waals surface area (Å²) in [7, 11) is 0. The van der Waals surface area contributed by atoms with Crippen molar-refractivity contribution in [3.05, 3.63) is 5.89 Å². The van der Waals surface area contributed by atoms with Crippen molar-refractivity contribution < 1.29 is 4.42 Å². The van der Waals surface area contributed by atoms with E-state index >= 15 is 0 Å². The lowest BCUT2D eigenvalue weighted by atomic mass is 9.83. The van der Waals surface area contributed by atoms with Gasteiger partial charge >= 0.3 is 6.01 Å². The number of nitrogens with one attached hydrogen (secondary N) is 1. The Morgan fingerprint density at radius 1 is 1.26 bits per heavy atom. The highest BCUT2D eigenvalue weighted by Crippen LogP contribution is 2.31. The maximum atomic E-state index is 5.71. The van der Waals surface area contributed by atoms with E-state index in [4.69, 9.17) is 4.42 Å². The second kappa shape index (κ2) is 5.90. The van der Waals surface area contributed by atoms with Gasteiger partial charge in [-0.3, -0.25) is 0 Å². The summed E-state index contributed by atoms with van der Waals surface area (Å²) in [6, 6.07) is 0.678. The van der Waals surface area contributed by atoms with Gasteiger partial charge in [0.15, 0.2) is 0 Å². The fraction of sp³-hybridized carbons (Fsp3) is 0.857.